The van der Waals surface area contributed by atoms with Crippen LogP contribution >= 0.6 is 0 Å². The van der Waals surface area contributed by atoms with Crippen LogP contribution in [0.3, 0.4) is 0 Å². The van der Waals surface area contributed by atoms with Crippen molar-refractivity contribution in [3.63, 3.8) is 0 Å². The van der Waals surface area contributed by atoms with Crippen molar-refractivity contribution in [3.8, 4) is 0 Å². The van der Waals surface area contributed by atoms with E-state index in [9.17, 15) is 9.50 Å². The fourth-order valence-corrected chi connectivity index (χ4v) is 1.89. The minimum Gasteiger partial charge on any atom is -0.390 e. The van der Waals surface area contributed by atoms with E-state index in [2.05, 4.69) is 15.0 Å². The van der Waals surface area contributed by atoms with Crippen molar-refractivity contribution < 1.29 is 9.50 Å². The number of benzene rings is 1. The van der Waals surface area contributed by atoms with Gasteiger partial charge >= 0.3 is 0 Å². The zero-order chi connectivity index (χ0) is 14.7. The Morgan fingerprint density at radius 2 is 2.20 bits per heavy atom. The second-order valence-corrected chi connectivity index (χ2v) is 4.61. The molecule has 0 saturated carbocycles. The highest BCUT2D eigenvalue weighted by Crippen LogP contribution is 2.27. The predicted molar refractivity (Wildman–Crippen MR) is 77.5 cm³/mol. The standard InChI is InChI=1S/C14H17FN4O/c1-3-8(2)11(7-20)17-13-12-9(15)5-4-6-10(12)18-14(16)19-13/h4-6,8,20H,3,7H2,1-2H3,(H2,16,18,19)/b17-11-/t8-/m0/s1. The number of aliphatic imine (C=N–C) groups is 1. The third-order valence-corrected chi connectivity index (χ3v) is 3.26. The lowest BCUT2D eigenvalue weighted by Crippen LogP contribution is -2.14. The maximum atomic E-state index is 14.0. The SMILES string of the molecule is CC[C@H](C)/C(CO)=N\c1nc(N)nc2cccc(F)c12. The Morgan fingerprint density at radius 3 is 2.85 bits per heavy atom. The zero-order valence-electron chi connectivity index (χ0n) is 11.5. The normalized spacial score (nSPS) is 13.7. The molecule has 0 saturated heterocycles. The van der Waals surface area contributed by atoms with E-state index in [1.54, 1.807) is 12.1 Å². The van der Waals surface area contributed by atoms with E-state index in [-0.39, 0.29) is 29.7 Å². The van der Waals surface area contributed by atoms with Gasteiger partial charge < -0.3 is 10.8 Å². The molecule has 2 rings (SSSR count). The predicted octanol–water partition coefficient (Wildman–Crippen LogP) is 2.46. The molecule has 2 aromatic rings. The van der Waals surface area contributed by atoms with E-state index in [1.807, 2.05) is 13.8 Å². The van der Waals surface area contributed by atoms with Gasteiger partial charge in [-0.25, -0.2) is 14.4 Å². The van der Waals surface area contributed by atoms with Gasteiger partial charge in [0.25, 0.3) is 0 Å². The van der Waals surface area contributed by atoms with E-state index >= 15 is 0 Å². The molecule has 0 unspecified atom stereocenters. The molecule has 20 heavy (non-hydrogen) atoms. The number of anilines is 1. The summed E-state index contributed by atoms with van der Waals surface area (Å²) in [6.07, 6.45) is 0.820. The van der Waals surface area contributed by atoms with Gasteiger partial charge in [0.2, 0.25) is 5.95 Å². The third-order valence-electron chi connectivity index (χ3n) is 3.26. The van der Waals surface area contributed by atoms with Gasteiger partial charge in [-0.15, -0.1) is 0 Å². The zero-order valence-corrected chi connectivity index (χ0v) is 11.5. The van der Waals surface area contributed by atoms with Crippen LogP contribution in [0.2, 0.25) is 0 Å². The largest absolute Gasteiger partial charge is 0.390 e. The van der Waals surface area contributed by atoms with Gasteiger partial charge in [0, 0.05) is 5.71 Å². The van der Waals surface area contributed by atoms with Crippen molar-refractivity contribution in [2.75, 3.05) is 12.3 Å². The highest BCUT2D eigenvalue weighted by Gasteiger charge is 2.13. The lowest BCUT2D eigenvalue weighted by molar-refractivity contribution is 0.350. The fraction of sp³-hybridized carbons (Fsp3) is 0.357. The molecule has 5 nitrogen and oxygen atoms in total. The number of aromatic nitrogens is 2. The first kappa shape index (κ1) is 14.3. The average molecular weight is 276 g/mol. The molecule has 1 heterocycles. The summed E-state index contributed by atoms with van der Waals surface area (Å²) in [5.74, 6) is -0.182. The highest BCUT2D eigenvalue weighted by atomic mass is 19.1. The number of aliphatic hydroxyl groups excluding tert-OH is 1. The lowest BCUT2D eigenvalue weighted by atomic mass is 10.0. The minimum absolute atomic E-state index is 0.0308. The number of nitrogens with zero attached hydrogens (tertiary/aromatic N) is 3. The van der Waals surface area contributed by atoms with Crippen LogP contribution in [-0.4, -0.2) is 27.4 Å². The molecule has 0 bridgehead atoms. The summed E-state index contributed by atoms with van der Waals surface area (Å²) in [5, 5.41) is 9.62. The number of halogens is 1. The first-order chi connectivity index (χ1) is 9.56. The smallest absolute Gasteiger partial charge is 0.222 e. The molecule has 106 valence electrons. The summed E-state index contributed by atoms with van der Waals surface area (Å²) in [4.78, 5) is 12.3. The molecule has 0 fully saturated rings. The second-order valence-electron chi connectivity index (χ2n) is 4.61. The first-order valence-electron chi connectivity index (χ1n) is 6.46. The topological polar surface area (TPSA) is 84.4 Å². The quantitative estimate of drug-likeness (QED) is 0.840. The van der Waals surface area contributed by atoms with Crippen LogP contribution in [0.1, 0.15) is 20.3 Å². The third kappa shape index (κ3) is 2.75. The van der Waals surface area contributed by atoms with Gasteiger partial charge in [-0.05, 0) is 24.5 Å². The average Bonchev–Trinajstić information content (AvgIpc) is 2.43. The second kappa shape index (κ2) is 5.92. The monoisotopic (exact) mass is 276 g/mol. The van der Waals surface area contributed by atoms with Crippen LogP contribution in [-0.2, 0) is 0 Å². The summed E-state index contributed by atoms with van der Waals surface area (Å²) < 4.78 is 14.0. The van der Waals surface area contributed by atoms with Crippen LogP contribution in [0, 0.1) is 11.7 Å². The first-order valence-corrected chi connectivity index (χ1v) is 6.46. The van der Waals surface area contributed by atoms with Gasteiger partial charge in [0.1, 0.15) is 5.82 Å². The molecule has 1 aromatic heterocycles. The maximum Gasteiger partial charge on any atom is 0.222 e. The van der Waals surface area contributed by atoms with E-state index in [0.29, 0.717) is 11.2 Å². The summed E-state index contributed by atoms with van der Waals surface area (Å²) in [5.41, 5.74) is 6.58. The van der Waals surface area contributed by atoms with Gasteiger partial charge in [0.15, 0.2) is 5.82 Å². The Bertz CT molecular complexity index is 657. The van der Waals surface area contributed by atoms with Gasteiger partial charge in [-0.2, -0.15) is 4.98 Å². The van der Waals surface area contributed by atoms with Crippen molar-refractivity contribution >= 4 is 28.4 Å². The van der Waals surface area contributed by atoms with Crippen molar-refractivity contribution in [3.05, 3.63) is 24.0 Å². The number of hydrogen-bond acceptors (Lipinski definition) is 5. The number of aliphatic hydroxyl groups is 1. The lowest BCUT2D eigenvalue weighted by Gasteiger charge is -2.11. The van der Waals surface area contributed by atoms with E-state index in [1.165, 1.54) is 6.07 Å². The Morgan fingerprint density at radius 1 is 1.45 bits per heavy atom. The number of hydrogen-bond donors (Lipinski definition) is 2. The molecule has 3 N–H and O–H groups in total. The van der Waals surface area contributed by atoms with Crippen LogP contribution in [0.5, 0.6) is 0 Å². The molecule has 0 aliphatic rings. The highest BCUT2D eigenvalue weighted by molar-refractivity contribution is 5.95. The molecule has 1 atom stereocenters. The van der Waals surface area contributed by atoms with Crippen LogP contribution in [0.4, 0.5) is 16.2 Å². The molecule has 0 radical (unpaired) electrons. The summed E-state index contributed by atoms with van der Waals surface area (Å²) in [6, 6.07) is 4.53. The molecule has 0 amide bonds. The van der Waals surface area contributed by atoms with Crippen molar-refractivity contribution in [2.45, 2.75) is 20.3 Å². The van der Waals surface area contributed by atoms with Crippen molar-refractivity contribution in [2.24, 2.45) is 10.9 Å². The van der Waals surface area contributed by atoms with Crippen LogP contribution < -0.4 is 5.73 Å². The van der Waals surface area contributed by atoms with Crippen molar-refractivity contribution in [1.82, 2.24) is 9.97 Å². The number of fused-ring (bicyclic) bond motifs is 1. The Hall–Kier alpha value is -2.08. The Balaban J connectivity index is 2.67. The van der Waals surface area contributed by atoms with Gasteiger partial charge in [-0.3, -0.25) is 0 Å². The van der Waals surface area contributed by atoms with E-state index in [0.717, 1.165) is 6.42 Å². The molecule has 1 aromatic carbocycles. The fourth-order valence-electron chi connectivity index (χ4n) is 1.89. The van der Waals surface area contributed by atoms with E-state index < -0.39 is 5.82 Å². The molecule has 0 aliphatic carbocycles. The Kier molecular flexibility index (Phi) is 4.24. The minimum atomic E-state index is -0.456. The van der Waals surface area contributed by atoms with Crippen LogP contribution in [0.25, 0.3) is 10.9 Å². The number of nitrogen functional groups attached to an aromatic ring is 1. The Labute approximate surface area is 116 Å². The summed E-state index contributed by atoms with van der Waals surface area (Å²) in [7, 11) is 0. The molecule has 0 spiro atoms. The molecular formula is C14H17FN4O. The molecule has 0 aliphatic heterocycles. The summed E-state index contributed by atoms with van der Waals surface area (Å²) in [6.45, 7) is 3.73. The van der Waals surface area contributed by atoms with Crippen molar-refractivity contribution in [1.29, 1.82) is 0 Å². The molecule has 6 heteroatoms. The maximum absolute atomic E-state index is 14.0. The summed E-state index contributed by atoms with van der Waals surface area (Å²) >= 11 is 0. The van der Waals surface area contributed by atoms with Crippen LogP contribution in [0.15, 0.2) is 23.2 Å². The molecular weight excluding hydrogens is 259 g/mol. The van der Waals surface area contributed by atoms with E-state index in [4.69, 9.17) is 5.73 Å². The van der Waals surface area contributed by atoms with Gasteiger partial charge in [-0.1, -0.05) is 19.9 Å². The number of nitrogens with two attached hydrogens (primary N) is 1. The van der Waals surface area contributed by atoms with Gasteiger partial charge in [0.05, 0.1) is 17.5 Å². The number of rotatable bonds is 4.